The number of rotatable bonds is 7. The number of benzene rings is 3. The van der Waals surface area contributed by atoms with Gasteiger partial charge in [-0.1, -0.05) is 54.6 Å². The molecule has 0 spiro atoms. The van der Waals surface area contributed by atoms with Crippen molar-refractivity contribution < 1.29 is 27.5 Å². The SMILES string of the molecule is O=C(NS(=O)(=O)c1ccccc1Br)c1ccc(C[C@H]2COCCN(C(=O)OCc3ccccc3)C2)cc1. The zero-order valence-corrected chi connectivity index (χ0v) is 22.4. The van der Waals surface area contributed by atoms with E-state index < -0.39 is 15.9 Å². The van der Waals surface area contributed by atoms with Gasteiger partial charge in [-0.25, -0.2) is 17.9 Å². The fraction of sp³-hybridized carbons (Fsp3) is 0.259. The van der Waals surface area contributed by atoms with Crippen LogP contribution in [0.5, 0.6) is 0 Å². The van der Waals surface area contributed by atoms with Crippen molar-refractivity contribution in [3.63, 3.8) is 0 Å². The Hall–Kier alpha value is -3.21. The number of nitrogens with one attached hydrogen (secondary N) is 1. The van der Waals surface area contributed by atoms with Gasteiger partial charge in [-0.05, 0) is 57.7 Å². The van der Waals surface area contributed by atoms with Crippen molar-refractivity contribution >= 4 is 38.0 Å². The first-order chi connectivity index (χ1) is 17.8. The summed E-state index contributed by atoms with van der Waals surface area (Å²) in [4.78, 5) is 26.9. The Morgan fingerprint density at radius 2 is 1.68 bits per heavy atom. The van der Waals surface area contributed by atoms with E-state index in [1.165, 1.54) is 6.07 Å². The molecule has 1 N–H and O–H groups in total. The Labute approximate surface area is 224 Å². The predicted molar refractivity (Wildman–Crippen MR) is 141 cm³/mol. The highest BCUT2D eigenvalue weighted by Gasteiger charge is 2.24. The molecule has 1 heterocycles. The molecular formula is C27H27BrN2O6S. The van der Waals surface area contributed by atoms with Gasteiger partial charge in [-0.15, -0.1) is 0 Å². The van der Waals surface area contributed by atoms with Crippen molar-refractivity contribution in [1.82, 2.24) is 9.62 Å². The fourth-order valence-corrected chi connectivity index (χ4v) is 5.98. The first kappa shape index (κ1) is 26.8. The number of amides is 2. The Bertz CT molecular complexity index is 1330. The van der Waals surface area contributed by atoms with Crippen LogP contribution in [0.4, 0.5) is 4.79 Å². The molecule has 3 aromatic carbocycles. The summed E-state index contributed by atoms with van der Waals surface area (Å²) in [5, 5.41) is 0. The van der Waals surface area contributed by atoms with Crippen LogP contribution in [0.25, 0.3) is 0 Å². The lowest BCUT2D eigenvalue weighted by molar-refractivity contribution is 0.0914. The monoisotopic (exact) mass is 586 g/mol. The van der Waals surface area contributed by atoms with Crippen molar-refractivity contribution in [3.8, 4) is 0 Å². The first-order valence-electron chi connectivity index (χ1n) is 11.8. The highest BCUT2D eigenvalue weighted by molar-refractivity contribution is 9.10. The molecule has 37 heavy (non-hydrogen) atoms. The third kappa shape index (κ3) is 7.41. The van der Waals surface area contributed by atoms with Gasteiger partial charge in [-0.2, -0.15) is 0 Å². The minimum atomic E-state index is -4.02. The third-order valence-corrected chi connectivity index (χ3v) is 8.24. The van der Waals surface area contributed by atoms with Crippen LogP contribution in [0.3, 0.4) is 0 Å². The van der Waals surface area contributed by atoms with Crippen LogP contribution in [0.1, 0.15) is 21.5 Å². The average molecular weight is 587 g/mol. The van der Waals surface area contributed by atoms with Crippen LogP contribution in [-0.4, -0.2) is 51.6 Å². The van der Waals surface area contributed by atoms with Crippen molar-refractivity contribution in [1.29, 1.82) is 0 Å². The van der Waals surface area contributed by atoms with Gasteiger partial charge in [0.15, 0.2) is 0 Å². The quantitative estimate of drug-likeness (QED) is 0.440. The van der Waals surface area contributed by atoms with Crippen molar-refractivity contribution in [2.24, 2.45) is 5.92 Å². The normalized spacial score (nSPS) is 16.0. The topological polar surface area (TPSA) is 102 Å². The zero-order chi connectivity index (χ0) is 26.3. The highest BCUT2D eigenvalue weighted by atomic mass is 79.9. The first-order valence-corrected chi connectivity index (χ1v) is 14.0. The summed E-state index contributed by atoms with van der Waals surface area (Å²) in [6.07, 6.45) is 0.247. The zero-order valence-electron chi connectivity index (χ0n) is 20.0. The highest BCUT2D eigenvalue weighted by Crippen LogP contribution is 2.21. The van der Waals surface area contributed by atoms with Gasteiger partial charge in [0.05, 0.1) is 13.2 Å². The molecule has 2 amide bonds. The smallest absolute Gasteiger partial charge is 0.410 e. The molecular weight excluding hydrogens is 560 g/mol. The molecule has 10 heteroatoms. The van der Waals surface area contributed by atoms with E-state index in [9.17, 15) is 18.0 Å². The molecule has 8 nitrogen and oxygen atoms in total. The van der Waals surface area contributed by atoms with Gasteiger partial charge in [0, 0.05) is 29.0 Å². The van der Waals surface area contributed by atoms with Crippen molar-refractivity contribution in [2.75, 3.05) is 26.3 Å². The molecule has 1 atom stereocenters. The van der Waals surface area contributed by atoms with Crippen molar-refractivity contribution in [2.45, 2.75) is 17.9 Å². The number of hydrogen-bond acceptors (Lipinski definition) is 6. The number of ether oxygens (including phenoxy) is 2. The number of carbonyl (C=O) groups excluding carboxylic acids is 2. The van der Waals surface area contributed by atoms with Gasteiger partial charge in [0.1, 0.15) is 11.5 Å². The van der Waals surface area contributed by atoms with Crippen molar-refractivity contribution in [3.05, 3.63) is 100 Å². The minimum absolute atomic E-state index is 0.0137. The molecule has 1 fully saturated rings. The lowest BCUT2D eigenvalue weighted by Crippen LogP contribution is -2.36. The van der Waals surface area contributed by atoms with Crippen LogP contribution in [0, 0.1) is 5.92 Å². The maximum Gasteiger partial charge on any atom is 0.410 e. The van der Waals surface area contributed by atoms with Gasteiger partial charge < -0.3 is 14.4 Å². The second-order valence-corrected chi connectivity index (χ2v) is 11.2. The number of carbonyl (C=O) groups is 2. The second kappa shape index (κ2) is 12.4. The van der Waals surface area contributed by atoms with Crippen LogP contribution in [0.2, 0.25) is 0 Å². The Balaban J connectivity index is 1.34. The molecule has 0 radical (unpaired) electrons. The molecule has 194 valence electrons. The van der Waals surface area contributed by atoms with Gasteiger partial charge in [0.2, 0.25) is 0 Å². The van der Waals surface area contributed by atoms with Crippen LogP contribution < -0.4 is 4.72 Å². The molecule has 1 aliphatic rings. The maximum absolute atomic E-state index is 12.6. The Morgan fingerprint density at radius 1 is 0.973 bits per heavy atom. The van der Waals surface area contributed by atoms with Gasteiger partial charge in [-0.3, -0.25) is 4.79 Å². The molecule has 0 saturated carbocycles. The molecule has 0 aliphatic carbocycles. The molecule has 0 bridgehead atoms. The van der Waals surface area contributed by atoms with E-state index in [2.05, 4.69) is 20.7 Å². The van der Waals surface area contributed by atoms with E-state index in [1.807, 2.05) is 30.3 Å². The summed E-state index contributed by atoms with van der Waals surface area (Å²) in [7, 11) is -4.02. The lowest BCUT2D eigenvalue weighted by Gasteiger charge is -2.23. The summed E-state index contributed by atoms with van der Waals surface area (Å²) in [6.45, 7) is 2.08. The summed E-state index contributed by atoms with van der Waals surface area (Å²) in [6, 6.07) is 22.5. The number of sulfonamides is 1. The Kier molecular flexibility index (Phi) is 8.96. The lowest BCUT2D eigenvalue weighted by atomic mass is 9.98. The maximum atomic E-state index is 12.6. The van der Waals surface area contributed by atoms with E-state index in [0.717, 1.165) is 11.1 Å². The summed E-state index contributed by atoms with van der Waals surface area (Å²) < 4.78 is 38.8. The second-order valence-electron chi connectivity index (χ2n) is 8.69. The minimum Gasteiger partial charge on any atom is -0.445 e. The van der Waals surface area contributed by atoms with Crippen LogP contribution in [-0.2, 0) is 32.5 Å². The van der Waals surface area contributed by atoms with E-state index in [0.29, 0.717) is 37.2 Å². The fourth-order valence-electron chi connectivity index (χ4n) is 4.00. The van der Waals surface area contributed by atoms with Gasteiger partial charge in [0.25, 0.3) is 15.9 Å². The molecule has 3 aromatic rings. The van der Waals surface area contributed by atoms with E-state index in [4.69, 9.17) is 9.47 Å². The number of halogens is 1. The molecule has 1 aliphatic heterocycles. The summed E-state index contributed by atoms with van der Waals surface area (Å²) in [5.74, 6) is -0.672. The molecule has 4 rings (SSSR count). The van der Waals surface area contributed by atoms with Gasteiger partial charge >= 0.3 is 6.09 Å². The average Bonchev–Trinajstić information content (AvgIpc) is 3.14. The standard InChI is InChI=1S/C27H27BrN2O6S/c28-24-8-4-5-9-25(24)37(33,34)29-26(31)23-12-10-20(11-13-23)16-22-17-30(14-15-35-18-22)27(32)36-19-21-6-2-1-3-7-21/h1-13,22H,14-19H2,(H,29,31)/t22-/m1/s1. The Morgan fingerprint density at radius 3 is 2.41 bits per heavy atom. The largest absolute Gasteiger partial charge is 0.445 e. The summed E-state index contributed by atoms with van der Waals surface area (Å²) >= 11 is 3.20. The van der Waals surface area contributed by atoms with E-state index in [1.54, 1.807) is 47.4 Å². The molecule has 0 aromatic heterocycles. The van der Waals surface area contributed by atoms with E-state index in [-0.39, 0.29) is 29.1 Å². The molecule has 1 saturated heterocycles. The number of nitrogens with zero attached hydrogens (tertiary/aromatic N) is 1. The predicted octanol–water partition coefficient (Wildman–Crippen LogP) is 4.40. The van der Waals surface area contributed by atoms with Crippen LogP contribution in [0.15, 0.2) is 88.2 Å². The third-order valence-electron chi connectivity index (χ3n) is 5.89. The summed E-state index contributed by atoms with van der Waals surface area (Å²) in [5.41, 5.74) is 2.09. The molecule has 0 unspecified atom stereocenters. The number of hydrogen-bond donors (Lipinski definition) is 1. The van der Waals surface area contributed by atoms with E-state index >= 15 is 0 Å². The van der Waals surface area contributed by atoms with Crippen LogP contribution >= 0.6 is 15.9 Å².